The first-order valence-corrected chi connectivity index (χ1v) is 10.3. The second kappa shape index (κ2) is 7.59. The Kier molecular flexibility index (Phi) is 4.77. The molecule has 5 rings (SSSR count). The molecule has 0 saturated carbocycles. The number of aliphatic hydroxyl groups excluding tert-OH is 1. The van der Waals surface area contributed by atoms with Crippen LogP contribution in [0.1, 0.15) is 29.0 Å². The lowest BCUT2D eigenvalue weighted by atomic mass is 9.81. The summed E-state index contributed by atoms with van der Waals surface area (Å²) in [5.41, 5.74) is 9.60. The van der Waals surface area contributed by atoms with E-state index in [4.69, 9.17) is 22.1 Å². The minimum absolute atomic E-state index is 0.0914. The van der Waals surface area contributed by atoms with Gasteiger partial charge in [0.1, 0.15) is 11.3 Å². The average molecular weight is 419 g/mol. The van der Waals surface area contributed by atoms with Gasteiger partial charge in [0, 0.05) is 23.6 Å². The number of rotatable bonds is 4. The summed E-state index contributed by atoms with van der Waals surface area (Å²) in [5, 5.41) is 12.2. The fourth-order valence-electron chi connectivity index (χ4n) is 4.19. The van der Waals surface area contributed by atoms with E-state index in [-0.39, 0.29) is 12.5 Å². The van der Waals surface area contributed by atoms with E-state index in [2.05, 4.69) is 23.2 Å². The molecule has 1 aliphatic rings. The Morgan fingerprint density at radius 1 is 1.03 bits per heavy atom. The maximum absolute atomic E-state index is 9.25. The Balaban J connectivity index is 1.80. The average Bonchev–Trinajstić information content (AvgIpc) is 2.78. The minimum Gasteiger partial charge on any atom is -0.426 e. The molecular formula is C24H21ClN3O2+. The van der Waals surface area contributed by atoms with Crippen LogP contribution in [-0.4, -0.2) is 16.7 Å². The fraction of sp³-hybridized carbons (Fsp3) is 0.167. The van der Waals surface area contributed by atoms with Gasteiger partial charge in [-0.05, 0) is 34.5 Å². The number of aromatic nitrogens is 2. The van der Waals surface area contributed by atoms with E-state index >= 15 is 0 Å². The smallest absolute Gasteiger partial charge is 0.306 e. The number of nitrogens with two attached hydrogens (primary N) is 1. The number of hydrogen-bond acceptors (Lipinski definition) is 4. The monoisotopic (exact) mass is 418 g/mol. The molecule has 1 aromatic heterocycles. The summed E-state index contributed by atoms with van der Waals surface area (Å²) in [6.45, 7) is 0.673. The Morgan fingerprint density at radius 2 is 1.83 bits per heavy atom. The number of aryl methyl sites for hydroxylation is 1. The van der Waals surface area contributed by atoms with Crippen molar-refractivity contribution in [2.45, 2.75) is 18.9 Å². The zero-order valence-electron chi connectivity index (χ0n) is 16.3. The number of aliphatic hydroxyl groups is 1. The van der Waals surface area contributed by atoms with Gasteiger partial charge in [-0.25, -0.2) is 4.57 Å². The molecule has 0 bridgehead atoms. The number of hydrogen-bond donors (Lipinski definition) is 2. The highest BCUT2D eigenvalue weighted by Crippen LogP contribution is 2.50. The molecule has 0 radical (unpaired) electrons. The molecular weight excluding hydrogens is 398 g/mol. The summed E-state index contributed by atoms with van der Waals surface area (Å²) in [5.74, 6) is 1.73. The van der Waals surface area contributed by atoms with E-state index in [1.165, 1.54) is 0 Å². The molecule has 1 aliphatic heterocycles. The van der Waals surface area contributed by atoms with Crippen LogP contribution in [0.15, 0.2) is 67.0 Å². The predicted molar refractivity (Wildman–Crippen MR) is 117 cm³/mol. The highest BCUT2D eigenvalue weighted by molar-refractivity contribution is 6.30. The van der Waals surface area contributed by atoms with E-state index < -0.39 is 0 Å². The maximum atomic E-state index is 9.25. The van der Waals surface area contributed by atoms with Crippen LogP contribution in [-0.2, 0) is 6.54 Å². The number of anilines is 1. The van der Waals surface area contributed by atoms with Gasteiger partial charge in [-0.3, -0.25) is 0 Å². The molecule has 150 valence electrons. The Hall–Kier alpha value is -3.15. The summed E-state index contributed by atoms with van der Waals surface area (Å²) >= 11 is 6.17. The molecule has 2 heterocycles. The first-order chi connectivity index (χ1) is 14.7. The molecule has 3 N–H and O–H groups in total. The van der Waals surface area contributed by atoms with Gasteiger partial charge in [-0.2, -0.15) is 0 Å². The molecule has 1 atom stereocenters. The second-order valence-corrected chi connectivity index (χ2v) is 7.84. The fourth-order valence-corrected chi connectivity index (χ4v) is 4.32. The van der Waals surface area contributed by atoms with Crippen molar-refractivity contribution in [3.05, 3.63) is 88.7 Å². The lowest BCUT2D eigenvalue weighted by Gasteiger charge is -2.28. The molecule has 0 unspecified atom stereocenters. The summed E-state index contributed by atoms with van der Waals surface area (Å²) < 4.78 is 8.09. The lowest BCUT2D eigenvalue weighted by molar-refractivity contribution is -0.686. The van der Waals surface area contributed by atoms with Gasteiger partial charge < -0.3 is 15.6 Å². The standard InChI is InChI=1S/C24H20ClN3O2/c25-17-9-6-16(7-10-17)20-21-18-5-2-1-4-15(18)8-11-19(21)30-24-22(20)23(26)28(14-27-24)12-3-13-29/h1-2,4-11,14,20,26,29H,3,12-13H2/p+1/t20-/m0/s1. The number of nitrogen functional groups attached to an aromatic ring is 1. The summed E-state index contributed by atoms with van der Waals surface area (Å²) in [6.07, 6.45) is 2.27. The minimum atomic E-state index is -0.152. The van der Waals surface area contributed by atoms with Crippen molar-refractivity contribution < 1.29 is 14.4 Å². The number of ether oxygens (including phenoxy) is 1. The van der Waals surface area contributed by atoms with Crippen LogP contribution in [0, 0.1) is 0 Å². The predicted octanol–water partition coefficient (Wildman–Crippen LogP) is 4.43. The Morgan fingerprint density at radius 3 is 2.63 bits per heavy atom. The molecule has 0 aliphatic carbocycles. The van der Waals surface area contributed by atoms with Crippen LogP contribution in [0.5, 0.6) is 11.6 Å². The third kappa shape index (κ3) is 3.07. The van der Waals surface area contributed by atoms with Crippen molar-refractivity contribution in [3.63, 3.8) is 0 Å². The van der Waals surface area contributed by atoms with E-state index in [1.807, 2.05) is 47.0 Å². The van der Waals surface area contributed by atoms with Crippen molar-refractivity contribution in [1.29, 1.82) is 0 Å². The van der Waals surface area contributed by atoms with E-state index in [1.54, 1.807) is 6.33 Å². The van der Waals surface area contributed by atoms with Crippen LogP contribution in [0.2, 0.25) is 5.02 Å². The van der Waals surface area contributed by atoms with Gasteiger partial charge in [-0.15, -0.1) is 0 Å². The van der Waals surface area contributed by atoms with E-state index in [0.29, 0.717) is 29.7 Å². The quantitative estimate of drug-likeness (QED) is 0.423. The summed E-state index contributed by atoms with van der Waals surface area (Å²) in [7, 11) is 0. The molecule has 5 nitrogen and oxygen atoms in total. The molecule has 6 heteroatoms. The number of fused-ring (bicyclic) bond motifs is 4. The molecule has 0 amide bonds. The summed E-state index contributed by atoms with van der Waals surface area (Å²) in [6, 6.07) is 20.2. The number of halogens is 1. The van der Waals surface area contributed by atoms with Crippen LogP contribution < -0.4 is 15.0 Å². The number of nitrogens with zero attached hydrogens (tertiary/aromatic N) is 2. The highest BCUT2D eigenvalue weighted by Gasteiger charge is 2.37. The van der Waals surface area contributed by atoms with Crippen LogP contribution in [0.25, 0.3) is 10.8 Å². The summed E-state index contributed by atoms with van der Waals surface area (Å²) in [4.78, 5) is 4.56. The zero-order chi connectivity index (χ0) is 20.7. The van der Waals surface area contributed by atoms with Gasteiger partial charge in [0.15, 0.2) is 0 Å². The van der Waals surface area contributed by atoms with Crippen molar-refractivity contribution >= 4 is 28.2 Å². The number of benzene rings is 3. The van der Waals surface area contributed by atoms with E-state index in [9.17, 15) is 5.11 Å². The molecule has 0 spiro atoms. The first kappa shape index (κ1) is 18.9. The molecule has 3 aromatic carbocycles. The van der Waals surface area contributed by atoms with Gasteiger partial charge in [-0.1, -0.05) is 59.0 Å². The Bertz CT molecular complexity index is 1240. The van der Waals surface area contributed by atoms with Gasteiger partial charge in [0.2, 0.25) is 12.1 Å². The van der Waals surface area contributed by atoms with Crippen molar-refractivity contribution in [1.82, 2.24) is 4.98 Å². The normalized spacial score (nSPS) is 14.8. The SMILES string of the molecule is Nc1c2c(nc[n+]1CCCO)Oc1ccc3ccccc3c1[C@@H]2c1ccc(Cl)cc1. The third-order valence-electron chi connectivity index (χ3n) is 5.61. The van der Waals surface area contributed by atoms with Crippen molar-refractivity contribution in [2.75, 3.05) is 12.3 Å². The third-order valence-corrected chi connectivity index (χ3v) is 5.86. The van der Waals surface area contributed by atoms with Crippen LogP contribution in [0.4, 0.5) is 5.82 Å². The van der Waals surface area contributed by atoms with Gasteiger partial charge >= 0.3 is 5.88 Å². The molecule has 30 heavy (non-hydrogen) atoms. The largest absolute Gasteiger partial charge is 0.426 e. The highest BCUT2D eigenvalue weighted by atomic mass is 35.5. The topological polar surface area (TPSA) is 72.2 Å². The molecule has 4 aromatic rings. The second-order valence-electron chi connectivity index (χ2n) is 7.40. The molecule has 0 fully saturated rings. The Labute approximate surface area is 179 Å². The first-order valence-electron chi connectivity index (χ1n) is 9.91. The molecule has 0 saturated heterocycles. The van der Waals surface area contributed by atoms with Gasteiger partial charge in [0.05, 0.1) is 12.5 Å². The zero-order valence-corrected chi connectivity index (χ0v) is 17.0. The van der Waals surface area contributed by atoms with Gasteiger partial charge in [0.25, 0.3) is 0 Å². The van der Waals surface area contributed by atoms with Crippen molar-refractivity contribution in [3.8, 4) is 11.6 Å². The lowest BCUT2D eigenvalue weighted by Crippen LogP contribution is -2.40. The van der Waals surface area contributed by atoms with Crippen LogP contribution in [0.3, 0.4) is 0 Å². The maximum Gasteiger partial charge on any atom is 0.306 e. The van der Waals surface area contributed by atoms with E-state index in [0.717, 1.165) is 33.2 Å². The van der Waals surface area contributed by atoms with Crippen molar-refractivity contribution in [2.24, 2.45) is 0 Å². The van der Waals surface area contributed by atoms with Crippen LogP contribution >= 0.6 is 11.6 Å².